The molecule has 7 heteroatoms. The van der Waals surface area contributed by atoms with Crippen molar-refractivity contribution in [2.24, 2.45) is 5.73 Å². The predicted octanol–water partition coefficient (Wildman–Crippen LogP) is 3.63. The Hall–Kier alpha value is -0.880. The summed E-state index contributed by atoms with van der Waals surface area (Å²) in [6, 6.07) is 0.859. The van der Waals surface area contributed by atoms with Crippen molar-refractivity contribution in [1.82, 2.24) is 0 Å². The second-order valence-corrected chi connectivity index (χ2v) is 3.31. The number of halogens is 6. The van der Waals surface area contributed by atoms with Crippen LogP contribution >= 0.6 is 12.4 Å². The molecule has 1 aromatic carbocycles. The SMILES string of the molecule is Cl.N[C@@H](CCF)c1cc(F)ccc1C(F)(F)F. The second kappa shape index (κ2) is 6.16. The van der Waals surface area contributed by atoms with Gasteiger partial charge in [-0.2, -0.15) is 13.2 Å². The Morgan fingerprint density at radius 3 is 2.29 bits per heavy atom. The molecule has 0 spiro atoms. The molecule has 0 radical (unpaired) electrons. The second-order valence-electron chi connectivity index (χ2n) is 3.31. The number of alkyl halides is 4. The van der Waals surface area contributed by atoms with Gasteiger partial charge in [-0.1, -0.05) is 0 Å². The van der Waals surface area contributed by atoms with E-state index in [-0.39, 0.29) is 18.8 Å². The van der Waals surface area contributed by atoms with Crippen molar-refractivity contribution in [2.75, 3.05) is 6.67 Å². The first-order valence-corrected chi connectivity index (χ1v) is 4.54. The van der Waals surface area contributed by atoms with Gasteiger partial charge in [-0.25, -0.2) is 4.39 Å². The lowest BCUT2D eigenvalue weighted by Gasteiger charge is -2.17. The van der Waals surface area contributed by atoms with Crippen molar-refractivity contribution in [1.29, 1.82) is 0 Å². The number of benzene rings is 1. The van der Waals surface area contributed by atoms with Crippen molar-refractivity contribution in [3.05, 3.63) is 35.1 Å². The molecule has 2 N–H and O–H groups in total. The molecule has 0 unspecified atom stereocenters. The molecule has 0 aliphatic heterocycles. The average molecular weight is 276 g/mol. The van der Waals surface area contributed by atoms with E-state index in [1.807, 2.05) is 0 Å². The molecule has 1 rings (SSSR count). The van der Waals surface area contributed by atoms with Gasteiger partial charge in [-0.3, -0.25) is 4.39 Å². The summed E-state index contributed by atoms with van der Waals surface area (Å²) in [6.45, 7) is -0.852. The molecule has 0 bridgehead atoms. The van der Waals surface area contributed by atoms with Gasteiger partial charge in [-0.05, 0) is 30.2 Å². The minimum atomic E-state index is -4.61. The standard InChI is InChI=1S/C10H10F5N.ClH/c11-4-3-9(16)7-5-6(12)1-2-8(7)10(13,14)15;/h1-2,5,9H,3-4,16H2;1H/t9-;/m0./s1. The normalized spacial score (nSPS) is 13.1. The maximum Gasteiger partial charge on any atom is 0.416 e. The van der Waals surface area contributed by atoms with Crippen molar-refractivity contribution in [3.8, 4) is 0 Å². The third-order valence-electron chi connectivity index (χ3n) is 2.14. The Labute approximate surface area is 101 Å². The molecule has 17 heavy (non-hydrogen) atoms. The quantitative estimate of drug-likeness (QED) is 0.838. The molecule has 0 amide bonds. The molecule has 1 aromatic rings. The predicted molar refractivity (Wildman–Crippen MR) is 56.2 cm³/mol. The zero-order valence-corrected chi connectivity index (χ0v) is 9.42. The molecule has 0 saturated carbocycles. The summed E-state index contributed by atoms with van der Waals surface area (Å²) >= 11 is 0. The van der Waals surface area contributed by atoms with Crippen LogP contribution in [-0.4, -0.2) is 6.67 Å². The third kappa shape index (κ3) is 4.12. The highest BCUT2D eigenvalue weighted by atomic mass is 35.5. The van der Waals surface area contributed by atoms with E-state index in [0.29, 0.717) is 18.2 Å². The molecular formula is C10H11ClF5N. The fraction of sp³-hybridized carbons (Fsp3) is 0.400. The molecule has 0 aromatic heterocycles. The van der Waals surface area contributed by atoms with Crippen LogP contribution in [-0.2, 0) is 6.18 Å². The summed E-state index contributed by atoms with van der Waals surface area (Å²) < 4.78 is 62.3. The van der Waals surface area contributed by atoms with Gasteiger partial charge in [0.25, 0.3) is 0 Å². The van der Waals surface area contributed by atoms with Crippen LogP contribution < -0.4 is 5.73 Å². The summed E-state index contributed by atoms with van der Waals surface area (Å²) in [5.74, 6) is -0.822. The van der Waals surface area contributed by atoms with Crippen LogP contribution in [0.15, 0.2) is 18.2 Å². The van der Waals surface area contributed by atoms with Crippen LogP contribution in [0.3, 0.4) is 0 Å². The summed E-state index contributed by atoms with van der Waals surface area (Å²) in [5.41, 5.74) is 3.93. The molecule has 0 fully saturated rings. The highest BCUT2D eigenvalue weighted by molar-refractivity contribution is 5.85. The highest BCUT2D eigenvalue weighted by Gasteiger charge is 2.34. The van der Waals surface area contributed by atoms with Gasteiger partial charge in [0, 0.05) is 6.04 Å². The molecule has 1 atom stereocenters. The number of nitrogens with two attached hydrogens (primary N) is 1. The average Bonchev–Trinajstić information content (AvgIpc) is 2.16. The minimum absolute atomic E-state index is 0. The van der Waals surface area contributed by atoms with E-state index in [1.54, 1.807) is 0 Å². The molecule has 98 valence electrons. The number of hydrogen-bond acceptors (Lipinski definition) is 1. The Balaban J connectivity index is 0.00000256. The van der Waals surface area contributed by atoms with Gasteiger partial charge >= 0.3 is 6.18 Å². The Morgan fingerprint density at radius 1 is 1.24 bits per heavy atom. The zero-order valence-electron chi connectivity index (χ0n) is 8.60. The van der Waals surface area contributed by atoms with Gasteiger partial charge in [0.15, 0.2) is 0 Å². The lowest BCUT2D eigenvalue weighted by atomic mass is 9.98. The van der Waals surface area contributed by atoms with Crippen LogP contribution in [0.25, 0.3) is 0 Å². The van der Waals surface area contributed by atoms with Crippen LogP contribution in [0.1, 0.15) is 23.6 Å². The van der Waals surface area contributed by atoms with E-state index >= 15 is 0 Å². The first kappa shape index (κ1) is 16.1. The van der Waals surface area contributed by atoms with Crippen LogP contribution in [0, 0.1) is 5.82 Å². The number of rotatable bonds is 3. The Kier molecular flexibility index (Phi) is 5.84. The maximum atomic E-state index is 12.8. The van der Waals surface area contributed by atoms with E-state index < -0.39 is 35.8 Å². The molecule has 0 aliphatic rings. The van der Waals surface area contributed by atoms with Gasteiger partial charge in [0.2, 0.25) is 0 Å². The third-order valence-corrected chi connectivity index (χ3v) is 2.14. The van der Waals surface area contributed by atoms with E-state index in [0.717, 1.165) is 0 Å². The molecule has 1 nitrogen and oxygen atoms in total. The fourth-order valence-corrected chi connectivity index (χ4v) is 1.37. The van der Waals surface area contributed by atoms with E-state index in [2.05, 4.69) is 0 Å². The summed E-state index contributed by atoms with van der Waals surface area (Å²) in [6.07, 6.45) is -4.89. The van der Waals surface area contributed by atoms with E-state index in [9.17, 15) is 22.0 Å². The first-order valence-electron chi connectivity index (χ1n) is 4.54. The van der Waals surface area contributed by atoms with Gasteiger partial charge < -0.3 is 5.73 Å². The van der Waals surface area contributed by atoms with Gasteiger partial charge in [0.05, 0.1) is 12.2 Å². The monoisotopic (exact) mass is 275 g/mol. The summed E-state index contributed by atoms with van der Waals surface area (Å²) in [5, 5.41) is 0. The van der Waals surface area contributed by atoms with Crippen LogP contribution in [0.2, 0.25) is 0 Å². The molecule has 0 saturated heterocycles. The van der Waals surface area contributed by atoms with Crippen LogP contribution in [0.5, 0.6) is 0 Å². The largest absolute Gasteiger partial charge is 0.416 e. The minimum Gasteiger partial charge on any atom is -0.324 e. The zero-order chi connectivity index (χ0) is 12.3. The summed E-state index contributed by atoms with van der Waals surface area (Å²) in [4.78, 5) is 0. The molecular weight excluding hydrogens is 265 g/mol. The lowest BCUT2D eigenvalue weighted by molar-refractivity contribution is -0.138. The smallest absolute Gasteiger partial charge is 0.324 e. The van der Waals surface area contributed by atoms with Crippen molar-refractivity contribution < 1.29 is 22.0 Å². The first-order chi connectivity index (χ1) is 7.36. The van der Waals surface area contributed by atoms with E-state index in [4.69, 9.17) is 5.73 Å². The van der Waals surface area contributed by atoms with E-state index in [1.165, 1.54) is 0 Å². The lowest BCUT2D eigenvalue weighted by Crippen LogP contribution is -2.18. The topological polar surface area (TPSA) is 26.0 Å². The fourth-order valence-electron chi connectivity index (χ4n) is 1.37. The van der Waals surface area contributed by atoms with Gasteiger partial charge in [0.1, 0.15) is 5.82 Å². The Morgan fingerprint density at radius 2 is 1.82 bits per heavy atom. The highest BCUT2D eigenvalue weighted by Crippen LogP contribution is 2.35. The summed E-state index contributed by atoms with van der Waals surface area (Å²) in [7, 11) is 0. The number of hydrogen-bond donors (Lipinski definition) is 1. The molecule has 0 heterocycles. The van der Waals surface area contributed by atoms with Crippen molar-refractivity contribution >= 4 is 12.4 Å². The molecule has 0 aliphatic carbocycles. The van der Waals surface area contributed by atoms with Gasteiger partial charge in [-0.15, -0.1) is 12.4 Å². The maximum absolute atomic E-state index is 12.8. The van der Waals surface area contributed by atoms with Crippen molar-refractivity contribution in [3.63, 3.8) is 0 Å². The Bertz CT molecular complexity index is 366. The van der Waals surface area contributed by atoms with Crippen molar-refractivity contribution in [2.45, 2.75) is 18.6 Å². The van der Waals surface area contributed by atoms with Crippen LogP contribution in [0.4, 0.5) is 22.0 Å².